The van der Waals surface area contributed by atoms with E-state index in [2.05, 4.69) is 122 Å². The van der Waals surface area contributed by atoms with Gasteiger partial charge in [0.1, 0.15) is 33.2 Å². The third-order valence-corrected chi connectivity index (χ3v) is 16.5. The molecule has 4 N–H and O–H groups in total. The van der Waals surface area contributed by atoms with Crippen molar-refractivity contribution in [3.8, 4) is 0 Å². The van der Waals surface area contributed by atoms with E-state index in [4.69, 9.17) is 14.2 Å². The van der Waals surface area contributed by atoms with E-state index in [0.29, 0.717) is 94.9 Å². The summed E-state index contributed by atoms with van der Waals surface area (Å²) >= 11 is 0. The zero-order valence-electron chi connectivity index (χ0n) is 60.5. The lowest BCUT2D eigenvalue weighted by Crippen LogP contribution is -2.42. The van der Waals surface area contributed by atoms with Gasteiger partial charge in [0, 0.05) is 70.4 Å². The van der Waals surface area contributed by atoms with Crippen LogP contribution in [0.3, 0.4) is 0 Å². The summed E-state index contributed by atoms with van der Waals surface area (Å²) in [6, 6.07) is 12.9. The first-order valence-electron chi connectivity index (χ1n) is 34.5. The molecule has 3 aliphatic heterocycles. The van der Waals surface area contributed by atoms with Gasteiger partial charge in [0.05, 0.1) is 34.1 Å². The van der Waals surface area contributed by atoms with E-state index >= 15 is 0 Å². The van der Waals surface area contributed by atoms with Crippen LogP contribution >= 0.6 is 0 Å². The fourth-order valence-electron chi connectivity index (χ4n) is 11.7. The van der Waals surface area contributed by atoms with Crippen LogP contribution < -0.4 is 74.1 Å². The predicted molar refractivity (Wildman–Crippen MR) is 390 cm³/mol. The summed E-state index contributed by atoms with van der Waals surface area (Å²) in [6.45, 7) is 38.7. The minimum absolute atomic E-state index is 0.148. The van der Waals surface area contributed by atoms with E-state index in [-0.39, 0.29) is 34.6 Å². The lowest BCUT2D eigenvalue weighted by molar-refractivity contribution is -0.156. The monoisotopic (exact) mass is 1340 g/mol. The van der Waals surface area contributed by atoms with Crippen LogP contribution in [0.1, 0.15) is 194 Å². The van der Waals surface area contributed by atoms with Gasteiger partial charge in [-0.05, 0) is 200 Å². The van der Waals surface area contributed by atoms with Gasteiger partial charge < -0.3 is 54.1 Å². The summed E-state index contributed by atoms with van der Waals surface area (Å²) in [5, 5.41) is 4.57. The van der Waals surface area contributed by atoms with E-state index in [1.807, 2.05) is 108 Å². The second-order valence-electron chi connectivity index (χ2n) is 29.1. The maximum Gasteiger partial charge on any atom is 0.306 e. The summed E-state index contributed by atoms with van der Waals surface area (Å²) in [5.41, 5.74) is 10.7. The van der Waals surface area contributed by atoms with Gasteiger partial charge in [-0.2, -0.15) is 0 Å². The quantitative estimate of drug-likeness (QED) is 0.0249. The number of hydrogen-bond acceptors (Lipinski definition) is 20. The van der Waals surface area contributed by atoms with Crippen molar-refractivity contribution in [2.45, 2.75) is 222 Å². The molecule has 1 fully saturated rings. The molecule has 10 rings (SSSR count). The minimum atomic E-state index is -0.446. The molecule has 1 aliphatic carbocycles. The molecule has 23 heteroatoms. The Bertz CT molecular complexity index is 4480. The molecular formula is C75H102N14O9. The normalized spacial score (nSPS) is 13.4. The molecule has 6 heterocycles. The molecule has 0 unspecified atom stereocenters. The summed E-state index contributed by atoms with van der Waals surface area (Å²) < 4.78 is 16.1. The molecule has 0 radical (unpaired) electrons. The van der Waals surface area contributed by atoms with Crippen molar-refractivity contribution in [2.75, 3.05) is 58.6 Å². The molecule has 526 valence electrons. The molecule has 0 bridgehead atoms. The fraction of sp³-hybridized carbons (Fsp3) is 0.520. The first-order chi connectivity index (χ1) is 46.1. The second kappa shape index (κ2) is 31.9. The number of nitrogens with one attached hydrogen (secondary N) is 4. The number of rotatable bonds is 24. The van der Waals surface area contributed by atoms with Crippen molar-refractivity contribution >= 4 is 101 Å². The molecule has 0 atom stereocenters. The SMILES string of the molecule is C=c1nc2c(c(=O)[nH]1)=Nc1cc(C)c(C)cc1N2CCCCCCC(=O)OC(C)(C)C.C=c1nc2c(c(=O)[nH]1)=Nc1cc(C)c(N(C)C)cc1N2CCCCCCC(=O)OC(C)(C)C.C=c1nc2c(c(=O)[nH]1)=Nc1cc(C)c(NC3CC3)cc1N2CCCCCCC(=O)OC(C)(C)C. The molecule has 3 aromatic heterocycles. The maximum absolute atomic E-state index is 12.6. The second-order valence-corrected chi connectivity index (χ2v) is 29.1. The lowest BCUT2D eigenvalue weighted by atomic mass is 10.1. The van der Waals surface area contributed by atoms with E-state index in [1.165, 1.54) is 18.4 Å². The maximum atomic E-state index is 12.6. The highest BCUT2D eigenvalue weighted by atomic mass is 16.6. The van der Waals surface area contributed by atoms with Crippen molar-refractivity contribution in [2.24, 2.45) is 15.0 Å². The van der Waals surface area contributed by atoms with Crippen LogP contribution in [0.15, 0.2) is 65.8 Å². The number of carbonyl (C=O) groups is 3. The number of ether oxygens (including phenoxy) is 3. The molecule has 6 aromatic rings. The number of hydrogen-bond donors (Lipinski definition) is 4. The predicted octanol–water partition coefficient (Wildman–Crippen LogP) is 10.5. The molecule has 0 amide bonds. The number of nitrogens with zero attached hydrogens (tertiary/aromatic N) is 10. The first kappa shape index (κ1) is 74.5. The van der Waals surface area contributed by atoms with Crippen LogP contribution in [0, 0.1) is 27.7 Å². The van der Waals surface area contributed by atoms with Crippen LogP contribution in [-0.2, 0) is 28.6 Å². The zero-order valence-corrected chi connectivity index (χ0v) is 60.5. The van der Waals surface area contributed by atoms with Crippen molar-refractivity contribution < 1.29 is 28.6 Å². The standard InChI is InChI=1S/C26H35N5O3.C25H35N5O3.C24H32N4O3/c1-16-14-20-21(15-19(16)29-18-11-12-18)31(24-23(30-20)25(33)28-17(2)27-24)13-9-7-6-8-10-22(32)34-26(3,4)5;1-16-14-18-20(15-19(16)29(6)7)30(23-22(28-18)24(32)27-17(2)26-23)13-11-9-8-10-12-21(31)33-25(3,4)5;1-15-13-18-19(14-16(15)2)28(22-21(27-18)23(30)26-17(3)25-22)12-10-8-7-9-11-20(29)31-24(4,5)6/h14-15,18,29H,2,6-13H2,1,3-5H3,(H,28,33);14-15H,2,8-13H2,1,3-7H3,(H,27,32);13-14H,3,7-12H2,1-2,4-6H3,(H,26,30). The minimum Gasteiger partial charge on any atom is -0.460 e. The number of aromatic nitrogens is 6. The Morgan fingerprint density at radius 1 is 0.469 bits per heavy atom. The van der Waals surface area contributed by atoms with E-state index < -0.39 is 16.8 Å². The van der Waals surface area contributed by atoms with Gasteiger partial charge in [0.15, 0.2) is 33.5 Å². The lowest BCUT2D eigenvalue weighted by Gasteiger charge is -2.30. The van der Waals surface area contributed by atoms with Crippen LogP contribution in [0.2, 0.25) is 0 Å². The fourth-order valence-corrected chi connectivity index (χ4v) is 11.7. The van der Waals surface area contributed by atoms with Crippen molar-refractivity contribution in [3.63, 3.8) is 0 Å². The summed E-state index contributed by atoms with van der Waals surface area (Å²) in [6.07, 6.45) is 14.4. The zero-order chi connectivity index (χ0) is 71.6. The third kappa shape index (κ3) is 20.6. The van der Waals surface area contributed by atoms with Crippen LogP contribution in [-0.4, -0.2) is 104 Å². The summed E-state index contributed by atoms with van der Waals surface area (Å²) in [5.74, 6) is 1.20. The Labute approximate surface area is 574 Å². The number of H-pyrrole nitrogens is 3. The number of esters is 3. The number of carbonyl (C=O) groups excluding carboxylic acids is 3. The van der Waals surface area contributed by atoms with Gasteiger partial charge >= 0.3 is 17.9 Å². The topological polar surface area (TPSA) is 278 Å². The highest BCUT2D eigenvalue weighted by Crippen LogP contribution is 2.42. The number of unbranched alkanes of at least 4 members (excludes halogenated alkanes) is 9. The Balaban J connectivity index is 0.000000188. The number of fused-ring (bicyclic) bond motifs is 6. The van der Waals surface area contributed by atoms with E-state index in [0.717, 1.165) is 139 Å². The van der Waals surface area contributed by atoms with Crippen molar-refractivity contribution in [1.82, 2.24) is 29.9 Å². The van der Waals surface area contributed by atoms with E-state index in [1.54, 1.807) is 0 Å². The van der Waals surface area contributed by atoms with Crippen LogP contribution in [0.4, 0.5) is 63.0 Å². The molecule has 4 aliphatic rings. The molecule has 3 aromatic carbocycles. The third-order valence-electron chi connectivity index (χ3n) is 16.5. The van der Waals surface area contributed by atoms with E-state index in [9.17, 15) is 28.8 Å². The molecule has 0 saturated heterocycles. The average molecular weight is 1340 g/mol. The molecule has 23 nitrogen and oxygen atoms in total. The van der Waals surface area contributed by atoms with Gasteiger partial charge in [-0.25, -0.2) is 29.9 Å². The van der Waals surface area contributed by atoms with Crippen LogP contribution in [0.25, 0.3) is 19.7 Å². The molecule has 1 saturated carbocycles. The largest absolute Gasteiger partial charge is 0.460 e. The highest BCUT2D eigenvalue weighted by molar-refractivity contribution is 5.83. The average Bonchev–Trinajstić information content (AvgIpc) is 1.66. The smallest absolute Gasteiger partial charge is 0.306 e. The van der Waals surface area contributed by atoms with Gasteiger partial charge in [-0.1, -0.05) is 58.3 Å². The Hall–Kier alpha value is -9.28. The Morgan fingerprint density at radius 2 is 0.786 bits per heavy atom. The highest BCUT2D eigenvalue weighted by Gasteiger charge is 2.29. The number of anilines is 8. The summed E-state index contributed by atoms with van der Waals surface area (Å²) in [4.78, 5) is 117. The number of benzene rings is 3. The summed E-state index contributed by atoms with van der Waals surface area (Å²) in [7, 11) is 4.02. The molecular weight excluding hydrogens is 1240 g/mol. The van der Waals surface area contributed by atoms with Gasteiger partial charge in [0.25, 0.3) is 16.7 Å². The van der Waals surface area contributed by atoms with Crippen LogP contribution in [0.5, 0.6) is 0 Å². The van der Waals surface area contributed by atoms with Gasteiger partial charge in [0.2, 0.25) is 0 Å². The van der Waals surface area contributed by atoms with Crippen molar-refractivity contribution in [3.05, 3.63) is 122 Å². The molecule has 98 heavy (non-hydrogen) atoms. The Kier molecular flexibility index (Phi) is 24.3. The van der Waals surface area contributed by atoms with Crippen molar-refractivity contribution in [1.29, 1.82) is 0 Å². The number of aromatic amines is 3. The molecule has 0 spiro atoms. The first-order valence-corrected chi connectivity index (χ1v) is 34.5. The Morgan fingerprint density at radius 3 is 1.13 bits per heavy atom. The van der Waals surface area contributed by atoms with Gasteiger partial charge in [-0.3, -0.25) is 28.8 Å². The number of aryl methyl sites for hydroxylation is 4. The van der Waals surface area contributed by atoms with Gasteiger partial charge in [-0.15, -0.1) is 0 Å².